The van der Waals surface area contributed by atoms with Gasteiger partial charge in [0.25, 0.3) is 5.56 Å². The molecule has 4 heterocycles. The van der Waals surface area contributed by atoms with E-state index in [4.69, 9.17) is 4.52 Å². The molecule has 6 rings (SSSR count). The van der Waals surface area contributed by atoms with E-state index in [1.807, 2.05) is 40.1 Å². The maximum Gasteiger partial charge on any atom is 0.262 e. The highest BCUT2D eigenvalue weighted by atomic mass is 32.1. The van der Waals surface area contributed by atoms with Gasteiger partial charge in [-0.25, -0.2) is 4.98 Å². The molecule has 138 valence electrons. The summed E-state index contributed by atoms with van der Waals surface area (Å²) in [5, 5.41) is 6.82. The highest BCUT2D eigenvalue weighted by Gasteiger charge is 2.31. The summed E-state index contributed by atoms with van der Waals surface area (Å²) in [6.45, 7) is 0. The molecule has 8 heteroatoms. The van der Waals surface area contributed by atoms with Crippen molar-refractivity contribution in [2.45, 2.75) is 18.8 Å². The summed E-state index contributed by atoms with van der Waals surface area (Å²) in [4.78, 5) is 23.1. The number of aromatic nitrogens is 5. The average molecular weight is 389 g/mol. The lowest BCUT2D eigenvalue weighted by Gasteiger charge is -2.06. The van der Waals surface area contributed by atoms with E-state index >= 15 is 0 Å². The molecule has 7 nitrogen and oxygen atoms in total. The van der Waals surface area contributed by atoms with Crippen LogP contribution in [-0.4, -0.2) is 24.1 Å². The zero-order valence-corrected chi connectivity index (χ0v) is 15.8. The Hall–Kier alpha value is -3.26. The standard InChI is InChI=1S/C20H15N5O2S/c1-24-18-15(16-22-17(27-23-16)12-7-8-12)21-10-25(18)20-14(19(24)26)13(9-28-20)11-5-3-2-4-6-11/h2-6,9-10,12H,7-8H2,1H3. The smallest absolute Gasteiger partial charge is 0.262 e. The minimum Gasteiger partial charge on any atom is -0.339 e. The van der Waals surface area contributed by atoms with Crippen LogP contribution in [0, 0.1) is 0 Å². The molecule has 0 N–H and O–H groups in total. The van der Waals surface area contributed by atoms with Gasteiger partial charge in [-0.3, -0.25) is 13.8 Å². The monoisotopic (exact) mass is 389 g/mol. The number of imidazole rings is 1. The van der Waals surface area contributed by atoms with E-state index in [0.29, 0.717) is 34.4 Å². The molecule has 0 bridgehead atoms. The molecule has 0 aliphatic heterocycles. The molecule has 28 heavy (non-hydrogen) atoms. The van der Waals surface area contributed by atoms with Crippen molar-refractivity contribution in [3.05, 3.63) is 58.3 Å². The van der Waals surface area contributed by atoms with Crippen molar-refractivity contribution in [3.8, 4) is 22.6 Å². The summed E-state index contributed by atoms with van der Waals surface area (Å²) in [5.41, 5.74) is 3.14. The zero-order chi connectivity index (χ0) is 18.8. The van der Waals surface area contributed by atoms with Gasteiger partial charge < -0.3 is 4.52 Å². The van der Waals surface area contributed by atoms with E-state index in [2.05, 4.69) is 15.1 Å². The molecule has 0 atom stereocenters. The second kappa shape index (κ2) is 5.62. The van der Waals surface area contributed by atoms with Crippen LogP contribution in [0.15, 0.2) is 51.4 Å². The van der Waals surface area contributed by atoms with Crippen LogP contribution >= 0.6 is 11.3 Å². The van der Waals surface area contributed by atoms with Crippen LogP contribution in [0.1, 0.15) is 24.7 Å². The van der Waals surface area contributed by atoms with Gasteiger partial charge in [-0.15, -0.1) is 11.3 Å². The highest BCUT2D eigenvalue weighted by Crippen LogP contribution is 2.40. The largest absolute Gasteiger partial charge is 0.339 e. The fourth-order valence-electron chi connectivity index (χ4n) is 3.62. The number of rotatable bonds is 3. The fraction of sp³-hybridized carbons (Fsp3) is 0.200. The molecule has 1 aliphatic carbocycles. The predicted molar refractivity (Wildman–Crippen MR) is 107 cm³/mol. The second-order valence-corrected chi connectivity index (χ2v) is 7.94. The third-order valence-corrected chi connectivity index (χ3v) is 6.21. The number of hydrogen-bond acceptors (Lipinski definition) is 6. The molecule has 0 radical (unpaired) electrons. The first-order valence-corrected chi connectivity index (χ1v) is 9.97. The van der Waals surface area contributed by atoms with Crippen LogP contribution < -0.4 is 5.56 Å². The molecule has 1 saturated carbocycles. The van der Waals surface area contributed by atoms with Gasteiger partial charge in [0.15, 0.2) is 11.3 Å². The van der Waals surface area contributed by atoms with E-state index in [-0.39, 0.29) is 5.56 Å². The van der Waals surface area contributed by atoms with Crippen molar-refractivity contribution >= 4 is 27.2 Å². The molecule has 0 amide bonds. The fourth-order valence-corrected chi connectivity index (χ4v) is 4.67. The quantitative estimate of drug-likeness (QED) is 0.468. The van der Waals surface area contributed by atoms with E-state index < -0.39 is 0 Å². The van der Waals surface area contributed by atoms with Crippen molar-refractivity contribution in [1.82, 2.24) is 24.1 Å². The normalized spacial score (nSPS) is 14.3. The maximum atomic E-state index is 13.3. The molecule has 0 unspecified atom stereocenters. The van der Waals surface area contributed by atoms with Crippen LogP contribution in [0.25, 0.3) is 38.5 Å². The van der Waals surface area contributed by atoms with Crippen molar-refractivity contribution in [2.75, 3.05) is 0 Å². The lowest BCUT2D eigenvalue weighted by atomic mass is 10.1. The van der Waals surface area contributed by atoms with Crippen LogP contribution in [-0.2, 0) is 7.05 Å². The number of nitrogens with zero attached hydrogens (tertiary/aromatic N) is 5. The first-order chi connectivity index (χ1) is 13.7. The zero-order valence-electron chi connectivity index (χ0n) is 15.0. The Balaban J connectivity index is 1.62. The van der Waals surface area contributed by atoms with Gasteiger partial charge in [0.05, 0.1) is 5.39 Å². The molecule has 1 aliphatic rings. The van der Waals surface area contributed by atoms with Gasteiger partial charge in [-0.1, -0.05) is 35.5 Å². The van der Waals surface area contributed by atoms with Gasteiger partial charge in [-0.2, -0.15) is 4.98 Å². The Bertz CT molecular complexity index is 1410. The Labute approximate surface area is 162 Å². The Morgan fingerprint density at radius 1 is 1.21 bits per heavy atom. The van der Waals surface area contributed by atoms with E-state index in [1.54, 1.807) is 17.9 Å². The van der Waals surface area contributed by atoms with E-state index in [9.17, 15) is 4.79 Å². The number of benzene rings is 1. The average Bonchev–Trinajstić information content (AvgIpc) is 3.13. The molecule has 1 aromatic carbocycles. The van der Waals surface area contributed by atoms with Crippen molar-refractivity contribution in [2.24, 2.45) is 7.05 Å². The van der Waals surface area contributed by atoms with Crippen LogP contribution in [0.3, 0.4) is 0 Å². The minimum atomic E-state index is -0.0599. The maximum absolute atomic E-state index is 13.3. The Morgan fingerprint density at radius 2 is 2.04 bits per heavy atom. The molecule has 4 aromatic heterocycles. The Morgan fingerprint density at radius 3 is 2.82 bits per heavy atom. The third-order valence-electron chi connectivity index (χ3n) is 5.23. The van der Waals surface area contributed by atoms with Gasteiger partial charge in [0.1, 0.15) is 11.2 Å². The number of aryl methyl sites for hydroxylation is 1. The van der Waals surface area contributed by atoms with E-state index in [1.165, 1.54) is 11.3 Å². The summed E-state index contributed by atoms with van der Waals surface area (Å²) in [5.74, 6) is 1.46. The summed E-state index contributed by atoms with van der Waals surface area (Å²) >= 11 is 1.54. The van der Waals surface area contributed by atoms with Crippen molar-refractivity contribution in [1.29, 1.82) is 0 Å². The van der Waals surface area contributed by atoms with Gasteiger partial charge in [0, 0.05) is 23.9 Å². The van der Waals surface area contributed by atoms with Crippen molar-refractivity contribution < 1.29 is 4.52 Å². The summed E-state index contributed by atoms with van der Waals surface area (Å²) < 4.78 is 8.95. The number of fused-ring (bicyclic) bond motifs is 3. The third kappa shape index (κ3) is 2.15. The first kappa shape index (κ1) is 15.8. The molecular weight excluding hydrogens is 374 g/mol. The molecule has 0 saturated heterocycles. The second-order valence-electron chi connectivity index (χ2n) is 7.08. The SMILES string of the molecule is Cn1c(=O)c2c(-c3ccccc3)csc2n2cnc(-c3noc(C4CC4)n3)c12. The molecule has 5 aromatic rings. The topological polar surface area (TPSA) is 78.2 Å². The highest BCUT2D eigenvalue weighted by molar-refractivity contribution is 7.17. The summed E-state index contributed by atoms with van der Waals surface area (Å²) in [6.07, 6.45) is 3.90. The summed E-state index contributed by atoms with van der Waals surface area (Å²) in [7, 11) is 1.76. The molecule has 0 spiro atoms. The van der Waals surface area contributed by atoms with Crippen LogP contribution in [0.2, 0.25) is 0 Å². The van der Waals surface area contributed by atoms with Gasteiger partial charge in [0.2, 0.25) is 11.7 Å². The lowest BCUT2D eigenvalue weighted by Crippen LogP contribution is -2.19. The van der Waals surface area contributed by atoms with Gasteiger partial charge >= 0.3 is 0 Å². The predicted octanol–water partition coefficient (Wildman–Crippen LogP) is 3.84. The minimum absolute atomic E-state index is 0.0599. The Kier molecular flexibility index (Phi) is 3.16. The van der Waals surface area contributed by atoms with E-state index in [0.717, 1.165) is 28.8 Å². The van der Waals surface area contributed by atoms with Gasteiger partial charge in [-0.05, 0) is 18.4 Å². The number of hydrogen-bond donors (Lipinski definition) is 0. The first-order valence-electron chi connectivity index (χ1n) is 9.09. The molecular formula is C20H15N5O2S. The molecule has 1 fully saturated rings. The number of thiophene rings is 1. The van der Waals surface area contributed by atoms with Crippen LogP contribution in [0.4, 0.5) is 0 Å². The van der Waals surface area contributed by atoms with Crippen LogP contribution in [0.5, 0.6) is 0 Å². The van der Waals surface area contributed by atoms with Crippen molar-refractivity contribution in [3.63, 3.8) is 0 Å². The lowest BCUT2D eigenvalue weighted by molar-refractivity contribution is 0.380. The summed E-state index contributed by atoms with van der Waals surface area (Å²) in [6, 6.07) is 9.96.